The van der Waals surface area contributed by atoms with E-state index in [1.54, 1.807) is 20.4 Å². The van der Waals surface area contributed by atoms with Crippen LogP contribution in [-0.4, -0.2) is 29.1 Å². The summed E-state index contributed by atoms with van der Waals surface area (Å²) in [5.41, 5.74) is 2.81. The van der Waals surface area contributed by atoms with E-state index in [4.69, 9.17) is 21.7 Å². The fourth-order valence-corrected chi connectivity index (χ4v) is 2.73. The first-order valence-corrected chi connectivity index (χ1v) is 8.45. The Morgan fingerprint density at radius 3 is 2.46 bits per heavy atom. The molecule has 7 heteroatoms. The zero-order valence-electron chi connectivity index (χ0n) is 14.6. The van der Waals surface area contributed by atoms with Crippen molar-refractivity contribution in [2.75, 3.05) is 24.9 Å². The molecule has 0 aliphatic rings. The molecule has 2 aromatic carbocycles. The first-order chi connectivity index (χ1) is 12.7. The molecule has 0 saturated carbocycles. The molecule has 0 saturated heterocycles. The number of hydrogen-bond donors (Lipinski definition) is 2. The van der Waals surface area contributed by atoms with Crippen molar-refractivity contribution in [1.29, 1.82) is 0 Å². The van der Waals surface area contributed by atoms with Crippen LogP contribution >= 0.6 is 12.2 Å². The van der Waals surface area contributed by atoms with Crippen LogP contribution in [0.1, 0.15) is 5.56 Å². The van der Waals surface area contributed by atoms with Gasteiger partial charge in [0.2, 0.25) is 0 Å². The van der Waals surface area contributed by atoms with Crippen molar-refractivity contribution < 1.29 is 9.47 Å². The minimum absolute atomic E-state index is 0.469. The molecule has 26 heavy (non-hydrogen) atoms. The van der Waals surface area contributed by atoms with Crippen LogP contribution in [0.15, 0.2) is 60.9 Å². The summed E-state index contributed by atoms with van der Waals surface area (Å²) in [6.45, 7) is 0.707. The number of ether oxygens (including phenoxy) is 2. The van der Waals surface area contributed by atoms with Gasteiger partial charge in [0.25, 0.3) is 0 Å². The zero-order valence-corrected chi connectivity index (χ0v) is 15.4. The molecule has 0 amide bonds. The van der Waals surface area contributed by atoms with Gasteiger partial charge in [-0.15, -0.1) is 0 Å². The maximum atomic E-state index is 5.37. The molecule has 0 spiro atoms. The van der Waals surface area contributed by atoms with Crippen LogP contribution in [0, 0.1) is 0 Å². The Kier molecular flexibility index (Phi) is 5.70. The Hall–Kier alpha value is -3.06. The number of rotatable bonds is 6. The minimum Gasteiger partial charge on any atom is -0.493 e. The van der Waals surface area contributed by atoms with E-state index in [9.17, 15) is 0 Å². The van der Waals surface area contributed by atoms with Gasteiger partial charge in [-0.25, -0.2) is 0 Å². The summed E-state index contributed by atoms with van der Waals surface area (Å²) < 4.78 is 12.4. The van der Waals surface area contributed by atoms with Gasteiger partial charge in [0.1, 0.15) is 0 Å². The lowest BCUT2D eigenvalue weighted by atomic mass is 10.2. The summed E-state index contributed by atoms with van der Waals surface area (Å²) in [5, 5.41) is 11.1. The Morgan fingerprint density at radius 2 is 1.73 bits per heavy atom. The molecule has 6 nitrogen and oxygen atoms in total. The van der Waals surface area contributed by atoms with E-state index in [2.05, 4.69) is 27.9 Å². The van der Waals surface area contributed by atoms with Crippen molar-refractivity contribution in [3.63, 3.8) is 0 Å². The fraction of sp³-hybridized carbons (Fsp3) is 0.158. The Labute approximate surface area is 157 Å². The van der Waals surface area contributed by atoms with E-state index in [1.807, 2.05) is 47.3 Å². The van der Waals surface area contributed by atoms with Gasteiger partial charge in [-0.05, 0) is 29.9 Å². The van der Waals surface area contributed by atoms with Gasteiger partial charge in [-0.1, -0.05) is 30.3 Å². The molecular weight excluding hydrogens is 348 g/mol. The monoisotopic (exact) mass is 368 g/mol. The normalized spacial score (nSPS) is 10.2. The number of nitrogens with zero attached hydrogens (tertiary/aromatic N) is 2. The number of nitrogens with one attached hydrogen (secondary N) is 2. The van der Waals surface area contributed by atoms with Crippen LogP contribution in [0.4, 0.5) is 11.4 Å². The zero-order chi connectivity index (χ0) is 18.4. The quantitative estimate of drug-likeness (QED) is 0.646. The molecule has 0 aliphatic heterocycles. The van der Waals surface area contributed by atoms with Crippen LogP contribution < -0.4 is 20.1 Å². The maximum absolute atomic E-state index is 5.37. The molecule has 3 aromatic rings. The molecular formula is C19H20N4O2S. The fourth-order valence-electron chi connectivity index (χ4n) is 2.49. The second-order valence-electron chi connectivity index (χ2n) is 5.56. The van der Waals surface area contributed by atoms with Gasteiger partial charge in [0.05, 0.1) is 32.6 Å². The average molecular weight is 368 g/mol. The highest BCUT2D eigenvalue weighted by Gasteiger charge is 2.07. The van der Waals surface area contributed by atoms with Gasteiger partial charge in [0, 0.05) is 18.0 Å². The van der Waals surface area contributed by atoms with Crippen LogP contribution in [0.3, 0.4) is 0 Å². The SMILES string of the molecule is COc1ccc(NC(=S)Nc2cnn(Cc3ccccc3)c2)cc1OC. The number of hydrogen-bond acceptors (Lipinski definition) is 4. The molecule has 0 radical (unpaired) electrons. The standard InChI is InChI=1S/C19H20N4O2S/c1-24-17-9-8-15(10-18(17)25-2)21-19(26)22-16-11-20-23(13-16)12-14-6-4-3-5-7-14/h3-11,13H,12H2,1-2H3,(H2,21,22,26). The van der Waals surface area contributed by atoms with Crippen molar-refractivity contribution in [2.24, 2.45) is 0 Å². The van der Waals surface area contributed by atoms with Gasteiger partial charge in [-0.2, -0.15) is 5.10 Å². The van der Waals surface area contributed by atoms with Gasteiger partial charge < -0.3 is 20.1 Å². The number of anilines is 2. The highest BCUT2D eigenvalue weighted by Crippen LogP contribution is 2.29. The molecule has 0 bridgehead atoms. The third kappa shape index (κ3) is 4.52. The highest BCUT2D eigenvalue weighted by atomic mass is 32.1. The summed E-state index contributed by atoms with van der Waals surface area (Å²) in [5.74, 6) is 1.30. The van der Waals surface area contributed by atoms with Gasteiger partial charge >= 0.3 is 0 Å². The summed E-state index contributed by atoms with van der Waals surface area (Å²) in [7, 11) is 3.20. The molecule has 1 aromatic heterocycles. The van der Waals surface area contributed by atoms with Crippen molar-refractivity contribution in [1.82, 2.24) is 9.78 Å². The van der Waals surface area contributed by atoms with Crippen LogP contribution in [-0.2, 0) is 6.54 Å². The third-order valence-electron chi connectivity index (χ3n) is 3.72. The van der Waals surface area contributed by atoms with E-state index >= 15 is 0 Å². The summed E-state index contributed by atoms with van der Waals surface area (Å²) in [4.78, 5) is 0. The predicted octanol–water partition coefficient (Wildman–Crippen LogP) is 3.76. The van der Waals surface area contributed by atoms with Gasteiger partial charge in [-0.3, -0.25) is 4.68 Å². The van der Waals surface area contributed by atoms with Gasteiger partial charge in [0.15, 0.2) is 16.6 Å². The lowest BCUT2D eigenvalue weighted by molar-refractivity contribution is 0.355. The highest BCUT2D eigenvalue weighted by molar-refractivity contribution is 7.80. The largest absolute Gasteiger partial charge is 0.493 e. The average Bonchev–Trinajstić information content (AvgIpc) is 3.09. The summed E-state index contributed by atoms with van der Waals surface area (Å²) in [6, 6.07) is 15.7. The molecule has 134 valence electrons. The lowest BCUT2D eigenvalue weighted by Crippen LogP contribution is -2.18. The van der Waals surface area contributed by atoms with E-state index in [0.717, 1.165) is 11.4 Å². The second-order valence-corrected chi connectivity index (χ2v) is 5.97. The first-order valence-electron chi connectivity index (χ1n) is 8.04. The van der Waals surface area contributed by atoms with E-state index < -0.39 is 0 Å². The van der Waals surface area contributed by atoms with E-state index in [0.29, 0.717) is 23.2 Å². The van der Waals surface area contributed by atoms with Crippen molar-refractivity contribution in [2.45, 2.75) is 6.54 Å². The van der Waals surface area contributed by atoms with E-state index in [-0.39, 0.29) is 0 Å². The Balaban J connectivity index is 1.60. The summed E-state index contributed by atoms with van der Waals surface area (Å²) in [6.07, 6.45) is 3.65. The first kappa shape index (κ1) is 17.8. The lowest BCUT2D eigenvalue weighted by Gasteiger charge is -2.12. The number of methoxy groups -OCH3 is 2. The number of aromatic nitrogens is 2. The number of thiocarbonyl (C=S) groups is 1. The molecule has 0 unspecified atom stereocenters. The molecule has 3 rings (SSSR count). The number of benzene rings is 2. The minimum atomic E-state index is 0.469. The molecule has 0 aliphatic carbocycles. The van der Waals surface area contributed by atoms with Crippen LogP contribution in [0.2, 0.25) is 0 Å². The van der Waals surface area contributed by atoms with Crippen LogP contribution in [0.25, 0.3) is 0 Å². The van der Waals surface area contributed by atoms with E-state index in [1.165, 1.54) is 5.56 Å². The molecule has 0 atom stereocenters. The maximum Gasteiger partial charge on any atom is 0.175 e. The van der Waals surface area contributed by atoms with Crippen LogP contribution in [0.5, 0.6) is 11.5 Å². The summed E-state index contributed by atoms with van der Waals surface area (Å²) >= 11 is 5.37. The molecule has 2 N–H and O–H groups in total. The van der Waals surface area contributed by atoms with Crippen molar-refractivity contribution >= 4 is 28.7 Å². The topological polar surface area (TPSA) is 60.3 Å². The Morgan fingerprint density at radius 1 is 1.00 bits per heavy atom. The Bertz CT molecular complexity index is 880. The van der Waals surface area contributed by atoms with Crippen molar-refractivity contribution in [3.8, 4) is 11.5 Å². The third-order valence-corrected chi connectivity index (χ3v) is 3.92. The smallest absolute Gasteiger partial charge is 0.175 e. The molecule has 1 heterocycles. The second kappa shape index (κ2) is 8.35. The predicted molar refractivity (Wildman–Crippen MR) is 107 cm³/mol. The molecule has 0 fully saturated rings. The van der Waals surface area contributed by atoms with Crippen molar-refractivity contribution in [3.05, 3.63) is 66.5 Å².